The summed E-state index contributed by atoms with van der Waals surface area (Å²) < 4.78 is 19.4. The summed E-state index contributed by atoms with van der Waals surface area (Å²) >= 11 is 0. The second kappa shape index (κ2) is 7.63. The second-order valence-corrected chi connectivity index (χ2v) is 7.28. The molecule has 2 atom stereocenters. The Kier molecular flexibility index (Phi) is 5.07. The van der Waals surface area contributed by atoms with Crippen LogP contribution in [-0.2, 0) is 6.54 Å². The first-order valence-corrected chi connectivity index (χ1v) is 9.67. The van der Waals surface area contributed by atoms with Crippen molar-refractivity contribution in [1.82, 2.24) is 4.90 Å². The molecule has 2 heterocycles. The fraction of sp³-hybridized carbons (Fsp3) is 0.391. The lowest BCUT2D eigenvalue weighted by Gasteiger charge is -2.45. The number of fused-ring (bicyclic) bond motifs is 2. The zero-order valence-corrected chi connectivity index (χ0v) is 15.3. The van der Waals surface area contributed by atoms with Crippen molar-refractivity contribution in [2.45, 2.75) is 51.2 Å². The van der Waals surface area contributed by atoms with E-state index in [9.17, 15) is 4.39 Å². The molecule has 0 radical (unpaired) electrons. The van der Waals surface area contributed by atoms with Crippen molar-refractivity contribution in [2.24, 2.45) is 0 Å². The van der Waals surface area contributed by atoms with Gasteiger partial charge in [-0.05, 0) is 49.5 Å². The Morgan fingerprint density at radius 1 is 1.12 bits per heavy atom. The summed E-state index contributed by atoms with van der Waals surface area (Å²) in [6, 6.07) is 16.7. The third-order valence-corrected chi connectivity index (χ3v) is 5.58. The van der Waals surface area contributed by atoms with Gasteiger partial charge in [-0.2, -0.15) is 0 Å². The van der Waals surface area contributed by atoms with Gasteiger partial charge in [0.05, 0.1) is 6.61 Å². The number of rotatable bonds is 5. The molecule has 0 saturated carbocycles. The molecule has 2 aromatic rings. The minimum atomic E-state index is -0.237. The van der Waals surface area contributed by atoms with Crippen LogP contribution in [0.2, 0.25) is 0 Å². The predicted molar refractivity (Wildman–Crippen MR) is 104 cm³/mol. The molecule has 1 fully saturated rings. The summed E-state index contributed by atoms with van der Waals surface area (Å²) in [5.41, 5.74) is 3.75. The van der Waals surface area contributed by atoms with Crippen LogP contribution in [0.4, 0.5) is 4.39 Å². The minimum Gasteiger partial charge on any atom is -0.493 e. The van der Waals surface area contributed by atoms with E-state index in [0.29, 0.717) is 24.4 Å². The van der Waals surface area contributed by atoms with Gasteiger partial charge in [0.2, 0.25) is 0 Å². The van der Waals surface area contributed by atoms with Crippen LogP contribution in [0.15, 0.2) is 54.6 Å². The monoisotopic (exact) mass is 351 g/mol. The zero-order valence-electron chi connectivity index (χ0n) is 15.3. The number of halogens is 1. The molecule has 2 aliphatic heterocycles. The van der Waals surface area contributed by atoms with Crippen LogP contribution in [-0.4, -0.2) is 23.6 Å². The highest BCUT2D eigenvalue weighted by atomic mass is 19.1. The van der Waals surface area contributed by atoms with E-state index in [-0.39, 0.29) is 5.82 Å². The van der Waals surface area contributed by atoms with E-state index in [4.69, 9.17) is 4.74 Å². The molecule has 2 unspecified atom stereocenters. The Morgan fingerprint density at radius 2 is 1.96 bits per heavy atom. The average Bonchev–Trinajstić information content (AvgIpc) is 2.63. The van der Waals surface area contributed by atoms with E-state index in [1.54, 1.807) is 6.07 Å². The first kappa shape index (κ1) is 17.3. The topological polar surface area (TPSA) is 12.5 Å². The van der Waals surface area contributed by atoms with Gasteiger partial charge in [-0.1, -0.05) is 42.8 Å². The van der Waals surface area contributed by atoms with Gasteiger partial charge in [0.15, 0.2) is 0 Å². The average molecular weight is 351 g/mol. The molecule has 26 heavy (non-hydrogen) atoms. The van der Waals surface area contributed by atoms with Crippen molar-refractivity contribution in [3.63, 3.8) is 0 Å². The molecule has 1 saturated heterocycles. The van der Waals surface area contributed by atoms with Gasteiger partial charge in [-0.3, -0.25) is 4.90 Å². The van der Waals surface area contributed by atoms with Gasteiger partial charge in [-0.15, -0.1) is 0 Å². The highest BCUT2D eigenvalue weighted by Gasteiger charge is 2.34. The molecule has 0 N–H and O–H groups in total. The van der Waals surface area contributed by atoms with E-state index >= 15 is 0 Å². The van der Waals surface area contributed by atoms with E-state index in [0.717, 1.165) is 18.5 Å². The summed E-state index contributed by atoms with van der Waals surface area (Å²) in [6.45, 7) is 3.50. The van der Waals surface area contributed by atoms with E-state index in [2.05, 4.69) is 41.3 Å². The standard InChI is InChI=1S/C23H26FNO/c1-2-26-23-15-19(24)11-12-22(23)18-13-20-9-6-10-21(14-18)25(20)16-17-7-4-3-5-8-17/h3-5,7-8,11-13,15,20-21H,2,6,9-10,14,16H2,1H3. The van der Waals surface area contributed by atoms with Gasteiger partial charge in [0, 0.05) is 30.3 Å². The molecule has 4 rings (SSSR count). The third kappa shape index (κ3) is 3.54. The van der Waals surface area contributed by atoms with Crippen LogP contribution in [0.5, 0.6) is 5.75 Å². The molecule has 136 valence electrons. The Balaban J connectivity index is 1.63. The Hall–Kier alpha value is -2.13. The highest BCUT2D eigenvalue weighted by molar-refractivity contribution is 5.72. The maximum absolute atomic E-state index is 13.7. The first-order chi connectivity index (χ1) is 12.7. The van der Waals surface area contributed by atoms with Crippen molar-refractivity contribution >= 4 is 5.57 Å². The molecule has 0 aromatic heterocycles. The number of hydrogen-bond acceptors (Lipinski definition) is 2. The number of ether oxygens (including phenoxy) is 1. The molecule has 2 aromatic carbocycles. The Morgan fingerprint density at radius 3 is 2.73 bits per heavy atom. The smallest absolute Gasteiger partial charge is 0.129 e. The Bertz CT molecular complexity index is 786. The largest absolute Gasteiger partial charge is 0.493 e. The van der Waals surface area contributed by atoms with Crippen LogP contribution in [0.1, 0.15) is 43.7 Å². The number of hydrogen-bond donors (Lipinski definition) is 0. The number of nitrogens with zero attached hydrogens (tertiary/aromatic N) is 1. The summed E-state index contributed by atoms with van der Waals surface area (Å²) in [5, 5.41) is 0. The molecule has 2 bridgehead atoms. The number of benzene rings is 2. The van der Waals surface area contributed by atoms with Crippen molar-refractivity contribution in [3.05, 3.63) is 71.6 Å². The van der Waals surface area contributed by atoms with Crippen molar-refractivity contribution in [2.75, 3.05) is 6.61 Å². The minimum absolute atomic E-state index is 0.237. The second-order valence-electron chi connectivity index (χ2n) is 7.28. The van der Waals surface area contributed by atoms with Gasteiger partial charge >= 0.3 is 0 Å². The number of piperidine rings is 1. The fourth-order valence-electron chi connectivity index (χ4n) is 4.39. The van der Waals surface area contributed by atoms with Crippen LogP contribution in [0, 0.1) is 5.82 Å². The molecule has 2 nitrogen and oxygen atoms in total. The molecule has 0 amide bonds. The summed E-state index contributed by atoms with van der Waals surface area (Å²) in [6.07, 6.45) is 7.11. The predicted octanol–water partition coefficient (Wildman–Crippen LogP) is 5.43. The maximum atomic E-state index is 13.7. The lowest BCUT2D eigenvalue weighted by Crippen LogP contribution is -2.47. The Labute approximate surface area is 155 Å². The summed E-state index contributed by atoms with van der Waals surface area (Å²) in [5.74, 6) is 0.438. The first-order valence-electron chi connectivity index (χ1n) is 9.67. The summed E-state index contributed by atoms with van der Waals surface area (Å²) in [4.78, 5) is 2.65. The van der Waals surface area contributed by atoms with Gasteiger partial charge in [-0.25, -0.2) is 4.39 Å². The van der Waals surface area contributed by atoms with Gasteiger partial charge < -0.3 is 4.74 Å². The molecule has 0 aliphatic carbocycles. The lowest BCUT2D eigenvalue weighted by molar-refractivity contribution is 0.0950. The quantitative estimate of drug-likeness (QED) is 0.712. The fourth-order valence-corrected chi connectivity index (χ4v) is 4.39. The molecule has 0 spiro atoms. The van der Waals surface area contributed by atoms with Gasteiger partial charge in [0.1, 0.15) is 11.6 Å². The summed E-state index contributed by atoms with van der Waals surface area (Å²) in [7, 11) is 0. The van der Waals surface area contributed by atoms with Crippen LogP contribution < -0.4 is 4.74 Å². The third-order valence-electron chi connectivity index (χ3n) is 5.58. The van der Waals surface area contributed by atoms with Gasteiger partial charge in [0.25, 0.3) is 0 Å². The molecule has 2 aliphatic rings. The van der Waals surface area contributed by atoms with Crippen molar-refractivity contribution in [3.8, 4) is 5.75 Å². The van der Waals surface area contributed by atoms with E-state index in [1.807, 2.05) is 13.0 Å². The lowest BCUT2D eigenvalue weighted by atomic mass is 9.82. The normalized spacial score (nSPS) is 22.8. The maximum Gasteiger partial charge on any atom is 0.129 e. The molecule has 3 heteroatoms. The SMILES string of the molecule is CCOc1cc(F)ccc1C1=CC2CCCC(C1)N2Cc1ccccc1. The molecular weight excluding hydrogens is 325 g/mol. The van der Waals surface area contributed by atoms with Crippen LogP contribution in [0.3, 0.4) is 0 Å². The zero-order chi connectivity index (χ0) is 17.9. The van der Waals surface area contributed by atoms with E-state index < -0.39 is 0 Å². The van der Waals surface area contributed by atoms with E-state index in [1.165, 1.54) is 36.5 Å². The van der Waals surface area contributed by atoms with Crippen molar-refractivity contribution < 1.29 is 9.13 Å². The highest BCUT2D eigenvalue weighted by Crippen LogP contribution is 2.40. The molecular formula is C23H26FNO. The van der Waals surface area contributed by atoms with Crippen LogP contribution >= 0.6 is 0 Å². The van der Waals surface area contributed by atoms with Crippen molar-refractivity contribution in [1.29, 1.82) is 0 Å². The van der Waals surface area contributed by atoms with Crippen LogP contribution in [0.25, 0.3) is 5.57 Å².